The van der Waals surface area contributed by atoms with E-state index in [0.717, 1.165) is 28.6 Å². The summed E-state index contributed by atoms with van der Waals surface area (Å²) in [5.74, 6) is 1.92. The lowest BCUT2D eigenvalue weighted by molar-refractivity contribution is 0.281. The highest BCUT2D eigenvalue weighted by molar-refractivity contribution is 9.10. The van der Waals surface area contributed by atoms with Crippen LogP contribution < -0.4 is 10.5 Å². The second kappa shape index (κ2) is 6.85. The molecule has 2 aromatic rings. The number of rotatable bonds is 6. The maximum Gasteiger partial charge on any atom is 0.226 e. The Bertz CT molecular complexity index is 569. The SMILES string of the molecule is CCCc1nc(COc2cc(Br)ccc2[C@@H](C)N)no1. The zero-order valence-electron chi connectivity index (χ0n) is 11.6. The summed E-state index contributed by atoms with van der Waals surface area (Å²) in [5.41, 5.74) is 6.88. The largest absolute Gasteiger partial charge is 0.485 e. The predicted molar refractivity (Wildman–Crippen MR) is 79.4 cm³/mol. The van der Waals surface area contributed by atoms with E-state index in [9.17, 15) is 0 Å². The van der Waals surface area contributed by atoms with Crippen molar-refractivity contribution in [2.75, 3.05) is 0 Å². The van der Waals surface area contributed by atoms with E-state index in [2.05, 4.69) is 33.0 Å². The van der Waals surface area contributed by atoms with Crippen molar-refractivity contribution >= 4 is 15.9 Å². The molecule has 0 radical (unpaired) electrons. The molecule has 0 aliphatic carbocycles. The van der Waals surface area contributed by atoms with Crippen molar-refractivity contribution in [1.82, 2.24) is 10.1 Å². The highest BCUT2D eigenvalue weighted by Crippen LogP contribution is 2.28. The van der Waals surface area contributed by atoms with Crippen molar-refractivity contribution in [3.8, 4) is 5.75 Å². The average Bonchev–Trinajstić information content (AvgIpc) is 2.84. The van der Waals surface area contributed by atoms with Crippen molar-refractivity contribution in [1.29, 1.82) is 0 Å². The van der Waals surface area contributed by atoms with Crippen LogP contribution in [0.2, 0.25) is 0 Å². The molecule has 5 nitrogen and oxygen atoms in total. The third-order valence-electron chi connectivity index (χ3n) is 2.80. The van der Waals surface area contributed by atoms with E-state index in [4.69, 9.17) is 15.0 Å². The molecule has 0 saturated carbocycles. The van der Waals surface area contributed by atoms with Gasteiger partial charge in [-0.05, 0) is 25.5 Å². The van der Waals surface area contributed by atoms with Gasteiger partial charge in [-0.3, -0.25) is 0 Å². The Balaban J connectivity index is 2.07. The first-order valence-corrected chi connectivity index (χ1v) is 7.38. The molecule has 0 bridgehead atoms. The lowest BCUT2D eigenvalue weighted by Crippen LogP contribution is -2.08. The molecule has 0 fully saturated rings. The number of aryl methyl sites for hydroxylation is 1. The monoisotopic (exact) mass is 339 g/mol. The van der Waals surface area contributed by atoms with Crippen LogP contribution in [0.3, 0.4) is 0 Å². The summed E-state index contributed by atoms with van der Waals surface area (Å²) >= 11 is 3.43. The summed E-state index contributed by atoms with van der Waals surface area (Å²) in [4.78, 5) is 4.27. The van der Waals surface area contributed by atoms with Gasteiger partial charge < -0.3 is 15.0 Å². The summed E-state index contributed by atoms with van der Waals surface area (Å²) in [6.45, 7) is 4.25. The van der Waals surface area contributed by atoms with Gasteiger partial charge in [0.1, 0.15) is 5.75 Å². The van der Waals surface area contributed by atoms with Gasteiger partial charge in [-0.1, -0.05) is 34.1 Å². The molecule has 0 amide bonds. The Morgan fingerprint density at radius 2 is 2.25 bits per heavy atom. The first-order chi connectivity index (χ1) is 9.60. The fraction of sp³-hybridized carbons (Fsp3) is 0.429. The smallest absolute Gasteiger partial charge is 0.226 e. The molecule has 0 saturated heterocycles. The standard InChI is InChI=1S/C14H18BrN3O2/c1-3-4-14-17-13(18-20-14)8-19-12-7-10(15)5-6-11(12)9(2)16/h5-7,9H,3-4,8,16H2,1-2H3/t9-/m1/s1. The van der Waals surface area contributed by atoms with Crippen LogP contribution in [0.15, 0.2) is 27.2 Å². The minimum absolute atomic E-state index is 0.0981. The molecule has 1 atom stereocenters. The number of ether oxygens (including phenoxy) is 1. The Hall–Kier alpha value is -1.40. The summed E-state index contributed by atoms with van der Waals surface area (Å²) in [6.07, 6.45) is 1.76. The lowest BCUT2D eigenvalue weighted by atomic mass is 10.1. The minimum atomic E-state index is -0.0981. The van der Waals surface area contributed by atoms with Gasteiger partial charge in [0, 0.05) is 22.5 Å². The van der Waals surface area contributed by atoms with Gasteiger partial charge in [0.15, 0.2) is 6.61 Å². The van der Waals surface area contributed by atoms with E-state index in [-0.39, 0.29) is 12.6 Å². The quantitative estimate of drug-likeness (QED) is 0.873. The topological polar surface area (TPSA) is 74.2 Å². The van der Waals surface area contributed by atoms with E-state index in [1.807, 2.05) is 25.1 Å². The highest BCUT2D eigenvalue weighted by atomic mass is 79.9. The fourth-order valence-corrected chi connectivity index (χ4v) is 2.16. The van der Waals surface area contributed by atoms with Crippen LogP contribution in [0.1, 0.15) is 43.6 Å². The van der Waals surface area contributed by atoms with E-state index >= 15 is 0 Å². The van der Waals surface area contributed by atoms with Crippen molar-refractivity contribution in [2.45, 2.75) is 39.3 Å². The molecule has 1 heterocycles. The minimum Gasteiger partial charge on any atom is -0.485 e. The summed E-state index contributed by atoms with van der Waals surface area (Å²) < 4.78 is 11.8. The van der Waals surface area contributed by atoms with Gasteiger partial charge in [0.05, 0.1) is 0 Å². The molecule has 0 aliphatic heterocycles. The zero-order chi connectivity index (χ0) is 14.5. The van der Waals surface area contributed by atoms with Gasteiger partial charge in [-0.15, -0.1) is 0 Å². The van der Waals surface area contributed by atoms with Crippen LogP contribution in [-0.4, -0.2) is 10.1 Å². The number of nitrogens with zero attached hydrogens (tertiary/aromatic N) is 2. The Morgan fingerprint density at radius 1 is 1.45 bits per heavy atom. The van der Waals surface area contributed by atoms with Gasteiger partial charge in [-0.2, -0.15) is 4.98 Å². The maximum atomic E-state index is 5.93. The summed E-state index contributed by atoms with van der Waals surface area (Å²) in [6, 6.07) is 5.69. The summed E-state index contributed by atoms with van der Waals surface area (Å²) in [5, 5.41) is 3.89. The molecular formula is C14H18BrN3O2. The van der Waals surface area contributed by atoms with Crippen LogP contribution in [0, 0.1) is 0 Å². The molecule has 20 heavy (non-hydrogen) atoms. The Kier molecular flexibility index (Phi) is 5.14. The first kappa shape index (κ1) is 15.0. The van der Waals surface area contributed by atoms with E-state index in [0.29, 0.717) is 11.7 Å². The van der Waals surface area contributed by atoms with E-state index in [1.165, 1.54) is 0 Å². The van der Waals surface area contributed by atoms with Gasteiger partial charge in [0.25, 0.3) is 0 Å². The van der Waals surface area contributed by atoms with Gasteiger partial charge in [0.2, 0.25) is 11.7 Å². The Morgan fingerprint density at radius 3 is 2.95 bits per heavy atom. The van der Waals surface area contributed by atoms with Crippen LogP contribution in [-0.2, 0) is 13.0 Å². The number of aromatic nitrogens is 2. The number of hydrogen-bond acceptors (Lipinski definition) is 5. The van der Waals surface area contributed by atoms with E-state index in [1.54, 1.807) is 0 Å². The van der Waals surface area contributed by atoms with Crippen LogP contribution in [0.5, 0.6) is 5.75 Å². The third kappa shape index (κ3) is 3.80. The fourth-order valence-electron chi connectivity index (χ4n) is 1.82. The number of hydrogen-bond donors (Lipinski definition) is 1. The zero-order valence-corrected chi connectivity index (χ0v) is 13.2. The normalized spacial score (nSPS) is 12.4. The van der Waals surface area contributed by atoms with Crippen LogP contribution >= 0.6 is 15.9 Å². The molecule has 0 aliphatic rings. The van der Waals surface area contributed by atoms with Crippen molar-refractivity contribution in [3.63, 3.8) is 0 Å². The van der Waals surface area contributed by atoms with Crippen molar-refractivity contribution in [3.05, 3.63) is 40.0 Å². The summed E-state index contributed by atoms with van der Waals surface area (Å²) in [7, 11) is 0. The third-order valence-corrected chi connectivity index (χ3v) is 3.29. The maximum absolute atomic E-state index is 5.93. The van der Waals surface area contributed by atoms with Gasteiger partial charge in [-0.25, -0.2) is 0 Å². The number of halogens is 1. The van der Waals surface area contributed by atoms with E-state index < -0.39 is 0 Å². The molecule has 2 rings (SSSR count). The molecule has 1 aromatic carbocycles. The Labute approximate surface area is 126 Å². The van der Waals surface area contributed by atoms with Crippen molar-refractivity contribution in [2.24, 2.45) is 5.73 Å². The van der Waals surface area contributed by atoms with Crippen LogP contribution in [0.25, 0.3) is 0 Å². The molecule has 6 heteroatoms. The molecule has 0 spiro atoms. The average molecular weight is 340 g/mol. The molecule has 108 valence electrons. The lowest BCUT2D eigenvalue weighted by Gasteiger charge is -2.13. The second-order valence-electron chi connectivity index (χ2n) is 4.61. The van der Waals surface area contributed by atoms with Crippen molar-refractivity contribution < 1.29 is 9.26 Å². The molecule has 2 N–H and O–H groups in total. The highest BCUT2D eigenvalue weighted by Gasteiger charge is 2.11. The van der Waals surface area contributed by atoms with Crippen LogP contribution in [0.4, 0.5) is 0 Å². The van der Waals surface area contributed by atoms with Gasteiger partial charge >= 0.3 is 0 Å². The predicted octanol–water partition coefficient (Wildman–Crippen LogP) is 3.38. The molecular weight excluding hydrogens is 322 g/mol. The molecule has 0 unspecified atom stereocenters. The number of nitrogens with two attached hydrogens (primary N) is 1. The second-order valence-corrected chi connectivity index (χ2v) is 5.53. The number of benzene rings is 1. The molecule has 1 aromatic heterocycles. The first-order valence-electron chi connectivity index (χ1n) is 6.59.